The Labute approximate surface area is 134 Å². The van der Waals surface area contributed by atoms with Crippen LogP contribution in [0.5, 0.6) is 0 Å². The van der Waals surface area contributed by atoms with E-state index in [4.69, 9.17) is 4.74 Å². The largest absolute Gasteiger partial charge is 0.381 e. The molecular weight excluding hydrogens is 282 g/mol. The zero-order valence-electron chi connectivity index (χ0n) is 13.6. The topological polar surface area (TPSA) is 36.9 Å². The first-order valence-electron chi connectivity index (χ1n) is 8.37. The van der Waals surface area contributed by atoms with Crippen LogP contribution in [-0.2, 0) is 4.74 Å². The number of nitrogens with one attached hydrogen (secondary N) is 1. The van der Waals surface area contributed by atoms with Gasteiger partial charge in [-0.05, 0) is 55.4 Å². The van der Waals surface area contributed by atoms with Gasteiger partial charge >= 0.3 is 0 Å². The lowest BCUT2D eigenvalue weighted by atomic mass is 9.96. The molecule has 0 aromatic carbocycles. The van der Waals surface area contributed by atoms with Crippen LogP contribution in [0.4, 0.5) is 0 Å². The average Bonchev–Trinajstić information content (AvgIpc) is 2.55. The fourth-order valence-electron chi connectivity index (χ4n) is 3.09. The predicted molar refractivity (Wildman–Crippen MR) is 92.2 cm³/mol. The molecule has 0 bridgehead atoms. The van der Waals surface area contributed by atoms with Crippen LogP contribution >= 0.6 is 11.8 Å². The third kappa shape index (κ3) is 6.07. The lowest BCUT2D eigenvalue weighted by Gasteiger charge is -2.28. The summed E-state index contributed by atoms with van der Waals surface area (Å²) in [6.07, 6.45) is 6.39. The predicted octanol–water partition coefficient (Wildman–Crippen LogP) is 2.45. The van der Waals surface area contributed by atoms with Gasteiger partial charge < -0.3 is 15.0 Å². The molecule has 0 saturated carbocycles. The normalized spacial score (nSPS) is 22.3. The Morgan fingerprint density at radius 2 is 1.90 bits per heavy atom. The van der Waals surface area contributed by atoms with Crippen molar-refractivity contribution in [3.8, 4) is 0 Å². The number of nitrogens with zero attached hydrogens (tertiary/aromatic N) is 2. The monoisotopic (exact) mass is 313 g/mol. The lowest BCUT2D eigenvalue weighted by Crippen LogP contribution is -2.42. The van der Waals surface area contributed by atoms with E-state index in [1.807, 2.05) is 7.05 Å². The second kappa shape index (κ2) is 9.57. The number of thioether (sulfide) groups is 1. The van der Waals surface area contributed by atoms with Gasteiger partial charge in [0.1, 0.15) is 0 Å². The summed E-state index contributed by atoms with van der Waals surface area (Å²) < 4.78 is 5.43. The molecule has 0 amide bonds. The molecule has 4 nitrogen and oxygen atoms in total. The van der Waals surface area contributed by atoms with Gasteiger partial charge in [-0.1, -0.05) is 0 Å². The second-order valence-electron chi connectivity index (χ2n) is 6.25. The van der Waals surface area contributed by atoms with E-state index in [2.05, 4.69) is 34.0 Å². The summed E-state index contributed by atoms with van der Waals surface area (Å²) in [6.45, 7) is 4.06. The fourth-order valence-corrected chi connectivity index (χ4v) is 4.29. The smallest absolute Gasteiger partial charge is 0.193 e. The number of ether oxygens (including phenoxy) is 1. The van der Waals surface area contributed by atoms with Crippen molar-refractivity contribution in [2.75, 3.05) is 51.9 Å². The molecule has 2 aliphatic heterocycles. The van der Waals surface area contributed by atoms with Crippen LogP contribution in [0.25, 0.3) is 0 Å². The SMILES string of the molecule is CN=C(NCC1CCSCC1)N(C)CCC1CCOCC1. The van der Waals surface area contributed by atoms with Crippen molar-refractivity contribution in [2.45, 2.75) is 32.1 Å². The minimum atomic E-state index is 0.826. The van der Waals surface area contributed by atoms with Crippen molar-refractivity contribution < 1.29 is 4.74 Å². The van der Waals surface area contributed by atoms with Gasteiger partial charge in [0.2, 0.25) is 0 Å². The highest BCUT2D eigenvalue weighted by Crippen LogP contribution is 2.22. The summed E-state index contributed by atoms with van der Waals surface area (Å²) in [5.74, 6) is 5.36. The van der Waals surface area contributed by atoms with Crippen molar-refractivity contribution in [1.82, 2.24) is 10.2 Å². The fraction of sp³-hybridized carbons (Fsp3) is 0.938. The van der Waals surface area contributed by atoms with E-state index < -0.39 is 0 Å². The van der Waals surface area contributed by atoms with E-state index in [-0.39, 0.29) is 0 Å². The molecule has 2 saturated heterocycles. The summed E-state index contributed by atoms with van der Waals surface area (Å²) in [6, 6.07) is 0. The van der Waals surface area contributed by atoms with Gasteiger partial charge in [0.15, 0.2) is 5.96 Å². The number of guanidine groups is 1. The molecule has 2 aliphatic rings. The van der Waals surface area contributed by atoms with Crippen molar-refractivity contribution in [2.24, 2.45) is 16.8 Å². The van der Waals surface area contributed by atoms with E-state index in [0.29, 0.717) is 0 Å². The summed E-state index contributed by atoms with van der Waals surface area (Å²) in [5, 5.41) is 3.57. The number of hydrogen-bond donors (Lipinski definition) is 1. The average molecular weight is 314 g/mol. The van der Waals surface area contributed by atoms with Gasteiger partial charge in [0.25, 0.3) is 0 Å². The molecule has 0 spiro atoms. The van der Waals surface area contributed by atoms with Gasteiger partial charge in [-0.2, -0.15) is 11.8 Å². The molecule has 0 aliphatic carbocycles. The molecular formula is C16H31N3OS. The Morgan fingerprint density at radius 3 is 2.57 bits per heavy atom. The van der Waals surface area contributed by atoms with Crippen LogP contribution in [-0.4, -0.2) is 62.8 Å². The molecule has 2 rings (SSSR count). The molecule has 21 heavy (non-hydrogen) atoms. The Hall–Kier alpha value is -0.420. The van der Waals surface area contributed by atoms with Gasteiger partial charge in [-0.15, -0.1) is 0 Å². The highest BCUT2D eigenvalue weighted by atomic mass is 32.2. The Kier molecular flexibility index (Phi) is 7.72. The van der Waals surface area contributed by atoms with Crippen LogP contribution in [0.1, 0.15) is 32.1 Å². The second-order valence-corrected chi connectivity index (χ2v) is 7.47. The number of rotatable bonds is 5. The van der Waals surface area contributed by atoms with E-state index in [0.717, 1.165) is 44.1 Å². The maximum absolute atomic E-state index is 5.43. The first-order valence-corrected chi connectivity index (χ1v) is 9.52. The standard InChI is InChI=1S/C16H31N3OS/c1-17-16(18-13-15-6-11-21-12-7-15)19(2)8-3-14-4-9-20-10-5-14/h14-15H,3-13H2,1-2H3,(H,17,18). The van der Waals surface area contributed by atoms with Crippen molar-refractivity contribution in [3.05, 3.63) is 0 Å². The van der Waals surface area contributed by atoms with Gasteiger partial charge in [-0.25, -0.2) is 0 Å². The van der Waals surface area contributed by atoms with E-state index >= 15 is 0 Å². The summed E-state index contributed by atoms with van der Waals surface area (Å²) in [7, 11) is 4.05. The van der Waals surface area contributed by atoms with Crippen LogP contribution < -0.4 is 5.32 Å². The minimum absolute atomic E-state index is 0.826. The van der Waals surface area contributed by atoms with E-state index in [1.54, 1.807) is 0 Å². The van der Waals surface area contributed by atoms with Crippen molar-refractivity contribution in [3.63, 3.8) is 0 Å². The molecule has 0 radical (unpaired) electrons. The third-order valence-electron chi connectivity index (χ3n) is 4.68. The first-order chi connectivity index (χ1) is 10.3. The Morgan fingerprint density at radius 1 is 1.19 bits per heavy atom. The zero-order chi connectivity index (χ0) is 14.9. The molecule has 0 aromatic heterocycles. The maximum Gasteiger partial charge on any atom is 0.193 e. The van der Waals surface area contributed by atoms with E-state index in [9.17, 15) is 0 Å². The van der Waals surface area contributed by atoms with Gasteiger partial charge in [0.05, 0.1) is 0 Å². The van der Waals surface area contributed by atoms with Crippen LogP contribution in [0.2, 0.25) is 0 Å². The molecule has 0 atom stereocenters. The van der Waals surface area contributed by atoms with Crippen molar-refractivity contribution in [1.29, 1.82) is 0 Å². The van der Waals surface area contributed by atoms with Crippen molar-refractivity contribution >= 4 is 17.7 Å². The highest BCUT2D eigenvalue weighted by molar-refractivity contribution is 7.99. The lowest BCUT2D eigenvalue weighted by molar-refractivity contribution is 0.0625. The zero-order valence-corrected chi connectivity index (χ0v) is 14.5. The first kappa shape index (κ1) is 16.9. The van der Waals surface area contributed by atoms with E-state index in [1.165, 1.54) is 43.6 Å². The van der Waals surface area contributed by atoms with Gasteiger partial charge in [0, 0.05) is 40.4 Å². The molecule has 5 heteroatoms. The molecule has 1 N–H and O–H groups in total. The molecule has 122 valence electrons. The molecule has 2 fully saturated rings. The summed E-state index contributed by atoms with van der Waals surface area (Å²) >= 11 is 2.09. The van der Waals surface area contributed by atoms with Crippen LogP contribution in [0.15, 0.2) is 4.99 Å². The summed E-state index contributed by atoms with van der Waals surface area (Å²) in [4.78, 5) is 6.72. The molecule has 2 heterocycles. The minimum Gasteiger partial charge on any atom is -0.381 e. The Balaban J connectivity index is 1.66. The summed E-state index contributed by atoms with van der Waals surface area (Å²) in [5.41, 5.74) is 0. The van der Waals surface area contributed by atoms with Crippen LogP contribution in [0, 0.1) is 11.8 Å². The Bertz CT molecular complexity index is 313. The van der Waals surface area contributed by atoms with Crippen LogP contribution in [0.3, 0.4) is 0 Å². The number of hydrogen-bond acceptors (Lipinski definition) is 3. The molecule has 0 aromatic rings. The molecule has 0 unspecified atom stereocenters. The highest BCUT2D eigenvalue weighted by Gasteiger charge is 2.17. The quantitative estimate of drug-likeness (QED) is 0.625. The van der Waals surface area contributed by atoms with Gasteiger partial charge in [-0.3, -0.25) is 4.99 Å². The number of aliphatic imine (C=N–C) groups is 1. The third-order valence-corrected chi connectivity index (χ3v) is 5.73. The maximum atomic E-state index is 5.43.